The molecule has 1 aliphatic rings. The molecule has 1 amide bonds. The Labute approximate surface area is 196 Å². The second-order valence-corrected chi connectivity index (χ2v) is 11.0. The molecule has 1 aliphatic heterocycles. The van der Waals surface area contributed by atoms with E-state index in [1.165, 1.54) is 0 Å². The number of benzene rings is 2. The van der Waals surface area contributed by atoms with E-state index in [2.05, 4.69) is 12.2 Å². The lowest BCUT2D eigenvalue weighted by atomic mass is 10.0. The van der Waals surface area contributed by atoms with Crippen molar-refractivity contribution >= 4 is 32.5 Å². The Morgan fingerprint density at radius 3 is 2.42 bits per heavy atom. The number of piperidine rings is 1. The van der Waals surface area contributed by atoms with E-state index in [-0.39, 0.29) is 12.5 Å². The monoisotopic (exact) mass is 468 g/mol. The number of hydrogen-bond acceptors (Lipinski definition) is 4. The van der Waals surface area contributed by atoms with Gasteiger partial charge in [0, 0.05) is 56.5 Å². The number of fused-ring (bicyclic) bond motifs is 1. The molecule has 1 saturated heterocycles. The highest BCUT2D eigenvalue weighted by Gasteiger charge is 2.28. The van der Waals surface area contributed by atoms with Crippen LogP contribution in [0.3, 0.4) is 0 Å². The van der Waals surface area contributed by atoms with Crippen molar-refractivity contribution < 1.29 is 13.2 Å². The summed E-state index contributed by atoms with van der Waals surface area (Å²) in [6, 6.07) is 15.1. The predicted octanol–water partition coefficient (Wildman–Crippen LogP) is 3.44. The molecule has 2 heterocycles. The molecular formula is C25H32N4O3S. The summed E-state index contributed by atoms with van der Waals surface area (Å²) in [6.07, 6.45) is 3.62. The second kappa shape index (κ2) is 9.57. The zero-order valence-electron chi connectivity index (χ0n) is 19.5. The van der Waals surface area contributed by atoms with Crippen LogP contribution in [-0.2, 0) is 27.9 Å². The fourth-order valence-electron chi connectivity index (χ4n) is 4.17. The van der Waals surface area contributed by atoms with Crippen LogP contribution in [0.1, 0.15) is 25.3 Å². The van der Waals surface area contributed by atoms with Crippen LogP contribution in [0.4, 0.5) is 5.69 Å². The zero-order valence-corrected chi connectivity index (χ0v) is 20.3. The summed E-state index contributed by atoms with van der Waals surface area (Å²) in [4.78, 5) is 14.9. The third kappa shape index (κ3) is 5.23. The maximum absolute atomic E-state index is 13.1. The first-order chi connectivity index (χ1) is 15.7. The molecule has 1 N–H and O–H groups in total. The summed E-state index contributed by atoms with van der Waals surface area (Å²) in [5.41, 5.74) is 2.99. The highest BCUT2D eigenvalue weighted by molar-refractivity contribution is 7.89. The number of nitrogens with zero attached hydrogens (tertiary/aromatic N) is 3. The van der Waals surface area contributed by atoms with Gasteiger partial charge < -0.3 is 14.8 Å². The van der Waals surface area contributed by atoms with Gasteiger partial charge in [-0.1, -0.05) is 19.1 Å². The number of nitrogens with one attached hydrogen (secondary N) is 1. The maximum atomic E-state index is 13.1. The Kier molecular flexibility index (Phi) is 6.76. The van der Waals surface area contributed by atoms with Gasteiger partial charge in [0.1, 0.15) is 6.54 Å². The van der Waals surface area contributed by atoms with Crippen LogP contribution in [-0.4, -0.2) is 50.4 Å². The largest absolute Gasteiger partial charge is 0.378 e. The number of aromatic nitrogens is 1. The topological polar surface area (TPSA) is 74.6 Å². The van der Waals surface area contributed by atoms with Crippen molar-refractivity contribution in [3.05, 3.63) is 60.3 Å². The molecule has 1 fully saturated rings. The van der Waals surface area contributed by atoms with Crippen LogP contribution in [0.2, 0.25) is 0 Å². The summed E-state index contributed by atoms with van der Waals surface area (Å²) in [6.45, 7) is 3.94. The first-order valence-electron chi connectivity index (χ1n) is 11.4. The van der Waals surface area contributed by atoms with Crippen LogP contribution in [0.5, 0.6) is 0 Å². The van der Waals surface area contributed by atoms with Gasteiger partial charge in [0.2, 0.25) is 15.9 Å². The molecular weight excluding hydrogens is 436 g/mol. The van der Waals surface area contributed by atoms with Crippen LogP contribution in [0.25, 0.3) is 10.9 Å². The van der Waals surface area contributed by atoms with Gasteiger partial charge in [0.15, 0.2) is 0 Å². The van der Waals surface area contributed by atoms with Crippen molar-refractivity contribution in [2.24, 2.45) is 5.92 Å². The molecule has 0 bridgehead atoms. The van der Waals surface area contributed by atoms with Crippen LogP contribution < -0.4 is 10.2 Å². The van der Waals surface area contributed by atoms with Gasteiger partial charge in [-0.05, 0) is 60.7 Å². The van der Waals surface area contributed by atoms with E-state index in [4.69, 9.17) is 0 Å². The third-order valence-electron chi connectivity index (χ3n) is 6.38. The SMILES string of the molecule is CC1CCN(S(=O)(=O)c2ccc3c(ccn3CC(=O)NCc3ccc(N(C)C)cc3)c2)CC1. The number of carbonyl (C=O) groups excluding carboxylic acids is 1. The number of sulfonamides is 1. The van der Waals surface area contributed by atoms with Gasteiger partial charge in [-0.15, -0.1) is 0 Å². The summed E-state index contributed by atoms with van der Waals surface area (Å²) < 4.78 is 29.5. The fourth-order valence-corrected chi connectivity index (χ4v) is 5.68. The zero-order chi connectivity index (χ0) is 23.6. The minimum Gasteiger partial charge on any atom is -0.378 e. The Morgan fingerprint density at radius 2 is 1.76 bits per heavy atom. The molecule has 1 aromatic heterocycles. The van der Waals surface area contributed by atoms with Crippen LogP contribution in [0, 0.1) is 5.92 Å². The highest BCUT2D eigenvalue weighted by Crippen LogP contribution is 2.26. The first-order valence-corrected chi connectivity index (χ1v) is 12.8. The second-order valence-electron chi connectivity index (χ2n) is 9.09. The van der Waals surface area contributed by atoms with Crippen molar-refractivity contribution in [1.29, 1.82) is 0 Å². The van der Waals surface area contributed by atoms with Gasteiger partial charge in [-0.3, -0.25) is 4.79 Å². The first kappa shape index (κ1) is 23.3. The standard InChI is InChI=1S/C25H32N4O3S/c1-19-10-14-29(15-11-19)33(31,32)23-8-9-24-21(16-23)12-13-28(24)18-25(30)26-17-20-4-6-22(7-5-20)27(2)3/h4-9,12-13,16,19H,10-11,14-15,17-18H2,1-3H3,(H,26,30). The van der Waals surface area contributed by atoms with E-state index in [1.807, 2.05) is 60.1 Å². The summed E-state index contributed by atoms with van der Waals surface area (Å²) in [5.74, 6) is 0.472. The Bertz CT molecular complexity index is 1220. The number of rotatable bonds is 7. The van der Waals surface area contributed by atoms with Crippen molar-refractivity contribution in [3.8, 4) is 0 Å². The smallest absolute Gasteiger partial charge is 0.243 e. The average Bonchev–Trinajstić information content (AvgIpc) is 3.20. The number of hydrogen-bond donors (Lipinski definition) is 1. The van der Waals surface area contributed by atoms with Gasteiger partial charge in [-0.2, -0.15) is 4.31 Å². The molecule has 3 aromatic rings. The molecule has 4 rings (SSSR count). The normalized spacial score (nSPS) is 15.6. The summed E-state index contributed by atoms with van der Waals surface area (Å²) >= 11 is 0. The summed E-state index contributed by atoms with van der Waals surface area (Å²) in [5, 5.41) is 3.77. The Hall–Kier alpha value is -2.84. The lowest BCUT2D eigenvalue weighted by molar-refractivity contribution is -0.121. The minimum atomic E-state index is -3.50. The molecule has 0 saturated carbocycles. The lowest BCUT2D eigenvalue weighted by Crippen LogP contribution is -2.37. The Morgan fingerprint density at radius 1 is 1.06 bits per heavy atom. The van der Waals surface area contributed by atoms with Crippen LogP contribution >= 0.6 is 0 Å². The molecule has 176 valence electrons. The third-order valence-corrected chi connectivity index (χ3v) is 8.27. The van der Waals surface area contributed by atoms with E-state index >= 15 is 0 Å². The number of carbonyl (C=O) groups is 1. The minimum absolute atomic E-state index is 0.0941. The predicted molar refractivity (Wildman–Crippen MR) is 132 cm³/mol. The van der Waals surface area contributed by atoms with Crippen molar-refractivity contribution in [2.45, 2.75) is 37.8 Å². The molecule has 0 radical (unpaired) electrons. The molecule has 0 spiro atoms. The van der Waals surface area contributed by atoms with Gasteiger partial charge in [0.25, 0.3) is 0 Å². The number of anilines is 1. The quantitative estimate of drug-likeness (QED) is 0.576. The van der Waals surface area contributed by atoms with Gasteiger partial charge in [0.05, 0.1) is 4.90 Å². The molecule has 0 aliphatic carbocycles. The van der Waals surface area contributed by atoms with E-state index in [0.717, 1.165) is 35.0 Å². The van der Waals surface area contributed by atoms with Crippen molar-refractivity contribution in [3.63, 3.8) is 0 Å². The van der Waals surface area contributed by atoms with Crippen LogP contribution in [0.15, 0.2) is 59.6 Å². The average molecular weight is 469 g/mol. The number of amides is 1. The van der Waals surface area contributed by atoms with E-state index < -0.39 is 10.0 Å². The molecule has 2 aromatic carbocycles. The molecule has 33 heavy (non-hydrogen) atoms. The van der Waals surface area contributed by atoms with Crippen molar-refractivity contribution in [1.82, 2.24) is 14.2 Å². The Balaban J connectivity index is 1.41. The van der Waals surface area contributed by atoms with E-state index in [1.54, 1.807) is 22.5 Å². The molecule has 0 atom stereocenters. The van der Waals surface area contributed by atoms with Crippen molar-refractivity contribution in [2.75, 3.05) is 32.1 Å². The molecule has 0 unspecified atom stereocenters. The molecule has 7 nitrogen and oxygen atoms in total. The van der Waals surface area contributed by atoms with Gasteiger partial charge in [-0.25, -0.2) is 8.42 Å². The lowest BCUT2D eigenvalue weighted by Gasteiger charge is -2.29. The van der Waals surface area contributed by atoms with E-state index in [0.29, 0.717) is 30.4 Å². The fraction of sp³-hybridized carbons (Fsp3) is 0.400. The maximum Gasteiger partial charge on any atom is 0.243 e. The van der Waals surface area contributed by atoms with Gasteiger partial charge >= 0.3 is 0 Å². The highest BCUT2D eigenvalue weighted by atomic mass is 32.2. The molecule has 8 heteroatoms. The summed E-state index contributed by atoms with van der Waals surface area (Å²) in [7, 11) is 0.485. The van der Waals surface area contributed by atoms with E-state index in [9.17, 15) is 13.2 Å².